The number of allylic oxidation sites excluding steroid dienone is 1. The average molecular weight is 459 g/mol. The van der Waals surface area contributed by atoms with Crippen LogP contribution < -0.4 is 0 Å². The Morgan fingerprint density at radius 3 is 2.55 bits per heavy atom. The number of nitrogens with zero attached hydrogens (tertiary/aromatic N) is 2. The van der Waals surface area contributed by atoms with Gasteiger partial charge >= 0.3 is 6.18 Å². The third-order valence-corrected chi connectivity index (χ3v) is 6.50. The van der Waals surface area contributed by atoms with Crippen molar-refractivity contribution in [3.8, 4) is 5.75 Å². The molecule has 0 amide bonds. The van der Waals surface area contributed by atoms with E-state index >= 15 is 0 Å². The number of phenols is 1. The highest BCUT2D eigenvalue weighted by atomic mass is 19.4. The Bertz CT molecular complexity index is 1010. The number of phenolic OH excluding ortho intramolecular Hbond substituents is 1. The van der Waals surface area contributed by atoms with Crippen LogP contribution >= 0.6 is 0 Å². The fraction of sp³-hybridized carbons (Fsp3) is 0.481. The smallest absolute Gasteiger partial charge is 0.416 e. The number of rotatable bonds is 9. The molecule has 0 radical (unpaired) electrons. The van der Waals surface area contributed by atoms with Crippen LogP contribution in [0.1, 0.15) is 81.5 Å². The third kappa shape index (κ3) is 6.24. The maximum atomic E-state index is 13.1. The molecular weight excluding hydrogens is 425 g/mol. The number of halogens is 3. The number of benzene rings is 1. The number of aliphatic imine (C=N–C) groups is 1. The number of hydrogen-bond donors (Lipinski definition) is 1. The normalized spacial score (nSPS) is 15.8. The molecule has 2 heterocycles. The van der Waals surface area contributed by atoms with Crippen molar-refractivity contribution in [1.82, 2.24) is 4.98 Å². The summed E-state index contributed by atoms with van der Waals surface area (Å²) >= 11 is 0. The Balaban J connectivity index is 1.94. The van der Waals surface area contributed by atoms with Crippen LogP contribution in [0.15, 0.2) is 47.7 Å². The lowest BCUT2D eigenvalue weighted by atomic mass is 9.83. The van der Waals surface area contributed by atoms with Gasteiger partial charge in [-0.25, -0.2) is 0 Å². The molecule has 1 aromatic carbocycles. The molecule has 6 heteroatoms. The van der Waals surface area contributed by atoms with Gasteiger partial charge in [-0.05, 0) is 54.5 Å². The summed E-state index contributed by atoms with van der Waals surface area (Å²) in [6, 6.07) is 4.90. The molecule has 0 fully saturated rings. The van der Waals surface area contributed by atoms with Gasteiger partial charge in [0.25, 0.3) is 0 Å². The zero-order valence-corrected chi connectivity index (χ0v) is 19.6. The van der Waals surface area contributed by atoms with Crippen molar-refractivity contribution in [2.45, 2.75) is 65.5 Å². The van der Waals surface area contributed by atoms with E-state index in [9.17, 15) is 18.3 Å². The highest BCUT2D eigenvalue weighted by Gasteiger charge is 2.32. The molecule has 1 N–H and O–H groups in total. The van der Waals surface area contributed by atoms with Gasteiger partial charge in [0.15, 0.2) is 0 Å². The Hall–Kier alpha value is -2.63. The summed E-state index contributed by atoms with van der Waals surface area (Å²) in [6.07, 6.45) is 7.81. The first kappa shape index (κ1) is 25.0. The van der Waals surface area contributed by atoms with E-state index < -0.39 is 17.5 Å². The van der Waals surface area contributed by atoms with Crippen LogP contribution in [0, 0.1) is 11.8 Å². The SMILES string of the molecule is CCCCC(CC1=CCN=C(c2ccc(C(F)(F)F)cc2O)c2ccncc21)CC(C)CC. The molecule has 1 aromatic heterocycles. The van der Waals surface area contributed by atoms with Gasteiger partial charge in [0.05, 0.1) is 17.8 Å². The van der Waals surface area contributed by atoms with Crippen LogP contribution in [0.25, 0.3) is 5.57 Å². The fourth-order valence-corrected chi connectivity index (χ4v) is 4.47. The Kier molecular flexibility index (Phi) is 8.33. The quantitative estimate of drug-likeness (QED) is 0.419. The van der Waals surface area contributed by atoms with Crippen molar-refractivity contribution in [3.63, 3.8) is 0 Å². The summed E-state index contributed by atoms with van der Waals surface area (Å²) in [7, 11) is 0. The molecule has 33 heavy (non-hydrogen) atoms. The van der Waals surface area contributed by atoms with Crippen LogP contribution in [0.5, 0.6) is 5.75 Å². The minimum Gasteiger partial charge on any atom is -0.507 e. The summed E-state index contributed by atoms with van der Waals surface area (Å²) < 4.78 is 39.2. The number of unbranched alkanes of at least 4 members (excludes halogenated alkanes) is 1. The molecule has 0 saturated heterocycles. The van der Waals surface area contributed by atoms with Crippen LogP contribution in [-0.2, 0) is 6.18 Å². The lowest BCUT2D eigenvalue weighted by Gasteiger charge is -2.22. The predicted octanol–water partition coefficient (Wildman–Crippen LogP) is 7.67. The van der Waals surface area contributed by atoms with E-state index in [1.165, 1.54) is 24.5 Å². The van der Waals surface area contributed by atoms with Gasteiger partial charge in [0.2, 0.25) is 0 Å². The number of fused-ring (bicyclic) bond motifs is 1. The number of aromatic hydroxyl groups is 1. The van der Waals surface area contributed by atoms with E-state index in [1.807, 2.05) is 12.3 Å². The molecule has 0 saturated carbocycles. The summed E-state index contributed by atoms with van der Waals surface area (Å²) in [5.41, 5.74) is 2.83. The number of aromatic nitrogens is 1. The van der Waals surface area contributed by atoms with Crippen LogP contribution in [-0.4, -0.2) is 22.3 Å². The summed E-state index contributed by atoms with van der Waals surface area (Å²) in [4.78, 5) is 8.98. The molecule has 0 bridgehead atoms. The van der Waals surface area contributed by atoms with E-state index in [4.69, 9.17) is 0 Å². The topological polar surface area (TPSA) is 45.5 Å². The van der Waals surface area contributed by atoms with Crippen molar-refractivity contribution in [1.29, 1.82) is 0 Å². The van der Waals surface area contributed by atoms with E-state index in [-0.39, 0.29) is 0 Å². The van der Waals surface area contributed by atoms with Crippen molar-refractivity contribution < 1.29 is 18.3 Å². The minimum absolute atomic E-state index is 0.298. The van der Waals surface area contributed by atoms with E-state index in [0.717, 1.165) is 48.9 Å². The van der Waals surface area contributed by atoms with Crippen molar-refractivity contribution >= 4 is 11.3 Å². The lowest BCUT2D eigenvalue weighted by Crippen LogP contribution is -2.11. The predicted molar refractivity (Wildman–Crippen MR) is 128 cm³/mol. The first-order chi connectivity index (χ1) is 15.7. The van der Waals surface area contributed by atoms with Gasteiger partial charge in [0, 0.05) is 29.1 Å². The van der Waals surface area contributed by atoms with Crippen LogP contribution in [0.2, 0.25) is 0 Å². The van der Waals surface area contributed by atoms with Gasteiger partial charge in [-0.1, -0.05) is 52.5 Å². The molecule has 0 aliphatic carbocycles. The number of alkyl halides is 3. The van der Waals surface area contributed by atoms with Gasteiger partial charge in [-0.15, -0.1) is 0 Å². The lowest BCUT2D eigenvalue weighted by molar-refractivity contribution is -0.137. The van der Waals surface area contributed by atoms with Crippen molar-refractivity contribution in [3.05, 3.63) is 65.0 Å². The van der Waals surface area contributed by atoms with E-state index in [0.29, 0.717) is 29.7 Å². The molecule has 2 unspecified atom stereocenters. The third-order valence-electron chi connectivity index (χ3n) is 6.50. The Labute approximate surface area is 194 Å². The van der Waals surface area contributed by atoms with Crippen LogP contribution in [0.3, 0.4) is 0 Å². The van der Waals surface area contributed by atoms with Gasteiger partial charge in [0.1, 0.15) is 5.75 Å². The second kappa shape index (κ2) is 11.0. The summed E-state index contributed by atoms with van der Waals surface area (Å²) in [6.45, 7) is 7.14. The molecule has 178 valence electrons. The van der Waals surface area contributed by atoms with Gasteiger partial charge in [-0.2, -0.15) is 13.2 Å². The molecule has 2 atom stereocenters. The highest BCUT2D eigenvalue weighted by molar-refractivity contribution is 6.17. The maximum absolute atomic E-state index is 13.1. The minimum atomic E-state index is -4.51. The van der Waals surface area contributed by atoms with Gasteiger partial charge in [-0.3, -0.25) is 9.98 Å². The molecule has 3 rings (SSSR count). The molecule has 1 aliphatic rings. The van der Waals surface area contributed by atoms with E-state index in [1.54, 1.807) is 6.20 Å². The maximum Gasteiger partial charge on any atom is 0.416 e. The standard InChI is InChI=1S/C27H33F3N2O/c1-4-6-7-19(14-18(3)5-2)15-20-10-13-32-26(22-11-12-31-17-24(20)22)23-9-8-21(16-25(23)33)27(28,29)30/h8-12,16-19,33H,4-7,13-15H2,1-3H3. The van der Waals surface area contributed by atoms with E-state index in [2.05, 4.69) is 36.8 Å². The Morgan fingerprint density at radius 2 is 1.88 bits per heavy atom. The van der Waals surface area contributed by atoms with Crippen LogP contribution in [0.4, 0.5) is 13.2 Å². The second-order valence-corrected chi connectivity index (χ2v) is 9.03. The first-order valence-corrected chi connectivity index (χ1v) is 11.8. The monoisotopic (exact) mass is 458 g/mol. The second-order valence-electron chi connectivity index (χ2n) is 9.03. The number of hydrogen-bond acceptors (Lipinski definition) is 3. The molecule has 1 aliphatic heterocycles. The Morgan fingerprint density at radius 1 is 1.09 bits per heavy atom. The van der Waals surface area contributed by atoms with Crippen molar-refractivity contribution in [2.75, 3.05) is 6.54 Å². The number of pyridine rings is 1. The fourth-order valence-electron chi connectivity index (χ4n) is 4.47. The largest absolute Gasteiger partial charge is 0.507 e. The van der Waals surface area contributed by atoms with Crippen molar-refractivity contribution in [2.24, 2.45) is 16.8 Å². The highest BCUT2D eigenvalue weighted by Crippen LogP contribution is 2.37. The molecular formula is C27H33F3N2O. The summed E-state index contributed by atoms with van der Waals surface area (Å²) in [5, 5.41) is 10.4. The average Bonchev–Trinajstić information content (AvgIpc) is 2.96. The van der Waals surface area contributed by atoms with Gasteiger partial charge < -0.3 is 5.11 Å². The first-order valence-electron chi connectivity index (χ1n) is 11.8. The zero-order valence-electron chi connectivity index (χ0n) is 19.6. The molecule has 3 nitrogen and oxygen atoms in total. The summed E-state index contributed by atoms with van der Waals surface area (Å²) in [5.74, 6) is 0.787. The molecule has 0 spiro atoms. The zero-order chi connectivity index (χ0) is 24.0. The molecule has 2 aromatic rings.